The molecule has 0 radical (unpaired) electrons. The molecule has 0 N–H and O–H groups in total. The van der Waals surface area contributed by atoms with Crippen LogP contribution in [-0.2, 0) is 18.6 Å². The van der Waals surface area contributed by atoms with Crippen LogP contribution in [0.3, 0.4) is 0 Å². The fraction of sp³-hybridized carbons (Fsp3) is 0.857. The smallest absolute Gasteiger partial charge is 0.306 e. The highest BCUT2D eigenvalue weighted by atomic mass is 35.7. The summed E-state index contributed by atoms with van der Waals surface area (Å²) in [4.78, 5) is 10.8. The molecule has 0 aliphatic heterocycles. The maximum Gasteiger partial charge on any atom is 0.306 e. The summed E-state index contributed by atoms with van der Waals surface area (Å²) < 4.78 is 25.6. The van der Waals surface area contributed by atoms with Crippen molar-refractivity contribution in [3.63, 3.8) is 0 Å². The minimum Gasteiger partial charge on any atom is -0.465 e. The van der Waals surface area contributed by atoms with Crippen LogP contribution in [-0.4, -0.2) is 26.7 Å². The zero-order valence-corrected chi connectivity index (χ0v) is 9.19. The fourth-order valence-corrected chi connectivity index (χ4v) is 1.18. The van der Waals surface area contributed by atoms with Crippen molar-refractivity contribution in [1.82, 2.24) is 0 Å². The van der Waals surface area contributed by atoms with Gasteiger partial charge >= 0.3 is 5.97 Å². The maximum atomic E-state index is 10.8. The van der Waals surface area contributed by atoms with Crippen LogP contribution >= 0.6 is 10.7 Å². The first-order valence-corrected chi connectivity index (χ1v) is 6.37. The lowest BCUT2D eigenvalue weighted by atomic mass is 10.2. The Labute approximate surface area is 82.6 Å². The van der Waals surface area contributed by atoms with Crippen molar-refractivity contribution < 1.29 is 17.9 Å². The molecule has 0 aliphatic rings. The van der Waals surface area contributed by atoms with Gasteiger partial charge in [-0.05, 0) is 5.92 Å². The van der Waals surface area contributed by atoms with Crippen molar-refractivity contribution in [1.29, 1.82) is 0 Å². The van der Waals surface area contributed by atoms with Crippen molar-refractivity contribution in [2.75, 3.05) is 12.4 Å². The Morgan fingerprint density at radius 2 is 2.00 bits per heavy atom. The molecule has 0 saturated heterocycles. The second-order valence-electron chi connectivity index (χ2n) is 3.07. The Morgan fingerprint density at radius 1 is 1.46 bits per heavy atom. The summed E-state index contributed by atoms with van der Waals surface area (Å²) >= 11 is 0. The van der Waals surface area contributed by atoms with Gasteiger partial charge in [0, 0.05) is 10.7 Å². The first kappa shape index (κ1) is 12.7. The largest absolute Gasteiger partial charge is 0.465 e. The van der Waals surface area contributed by atoms with Gasteiger partial charge in [0.05, 0.1) is 18.8 Å². The Balaban J connectivity index is 3.65. The van der Waals surface area contributed by atoms with Gasteiger partial charge < -0.3 is 4.74 Å². The molecule has 0 amide bonds. The van der Waals surface area contributed by atoms with Crippen molar-refractivity contribution in [2.24, 2.45) is 5.92 Å². The van der Waals surface area contributed by atoms with Crippen molar-refractivity contribution in [3.05, 3.63) is 0 Å². The molecule has 4 nitrogen and oxygen atoms in total. The quantitative estimate of drug-likeness (QED) is 0.523. The summed E-state index contributed by atoms with van der Waals surface area (Å²) in [5, 5.41) is 0. The van der Waals surface area contributed by atoms with Gasteiger partial charge in [0.1, 0.15) is 0 Å². The minimum atomic E-state index is -3.59. The Morgan fingerprint density at radius 3 is 2.38 bits per heavy atom. The third kappa shape index (κ3) is 9.63. The molecule has 6 heteroatoms. The van der Waals surface area contributed by atoms with Crippen LogP contribution in [0.5, 0.6) is 0 Å². The molecule has 0 aliphatic carbocycles. The number of carbonyl (C=O) groups excluding carboxylic acids is 1. The summed E-state index contributed by atoms with van der Waals surface area (Å²) in [5.74, 6) is -0.652. The highest BCUT2D eigenvalue weighted by molar-refractivity contribution is 8.13. The Kier molecular flexibility index (Phi) is 5.32. The van der Waals surface area contributed by atoms with Crippen LogP contribution in [0.2, 0.25) is 0 Å². The highest BCUT2D eigenvalue weighted by Gasteiger charge is 2.11. The lowest BCUT2D eigenvalue weighted by Crippen LogP contribution is -2.13. The molecule has 0 fully saturated rings. The average molecular weight is 229 g/mol. The molecule has 0 spiro atoms. The van der Waals surface area contributed by atoms with Crippen molar-refractivity contribution in [3.8, 4) is 0 Å². The summed E-state index contributed by atoms with van der Waals surface area (Å²) in [6.45, 7) is 4.10. The summed E-state index contributed by atoms with van der Waals surface area (Å²) in [5.41, 5.74) is 0. The summed E-state index contributed by atoms with van der Waals surface area (Å²) in [6.07, 6.45) is -0.182. The third-order valence-corrected chi connectivity index (χ3v) is 2.28. The van der Waals surface area contributed by atoms with E-state index in [0.717, 1.165) is 0 Å². The van der Waals surface area contributed by atoms with E-state index in [4.69, 9.17) is 15.4 Å². The molecule has 0 unspecified atom stereocenters. The number of esters is 1. The molecule has 0 aromatic rings. The Bertz CT molecular complexity index is 258. The van der Waals surface area contributed by atoms with E-state index in [2.05, 4.69) is 0 Å². The van der Waals surface area contributed by atoms with E-state index in [9.17, 15) is 13.2 Å². The fourth-order valence-electron chi connectivity index (χ4n) is 0.537. The van der Waals surface area contributed by atoms with Crippen LogP contribution < -0.4 is 0 Å². The van der Waals surface area contributed by atoms with E-state index in [-0.39, 0.29) is 18.1 Å². The molecule has 78 valence electrons. The monoisotopic (exact) mass is 228 g/mol. The third-order valence-electron chi connectivity index (χ3n) is 1.13. The van der Waals surface area contributed by atoms with E-state index < -0.39 is 15.0 Å². The van der Waals surface area contributed by atoms with Gasteiger partial charge in [-0.15, -0.1) is 0 Å². The number of hydrogen-bond donors (Lipinski definition) is 0. The first-order valence-electron chi connectivity index (χ1n) is 3.89. The zero-order valence-electron chi connectivity index (χ0n) is 7.62. The molecular weight excluding hydrogens is 216 g/mol. The van der Waals surface area contributed by atoms with E-state index in [1.54, 1.807) is 0 Å². The number of ether oxygens (including phenoxy) is 1. The Hall–Kier alpha value is -0.290. The number of hydrogen-bond acceptors (Lipinski definition) is 4. The molecule has 0 aromatic carbocycles. The number of carbonyl (C=O) groups is 1. The van der Waals surface area contributed by atoms with E-state index >= 15 is 0 Å². The van der Waals surface area contributed by atoms with Crippen LogP contribution in [0, 0.1) is 5.92 Å². The topological polar surface area (TPSA) is 60.4 Å². The van der Waals surface area contributed by atoms with Gasteiger partial charge in [0.2, 0.25) is 9.05 Å². The second-order valence-corrected chi connectivity index (χ2v) is 5.97. The van der Waals surface area contributed by atoms with Gasteiger partial charge in [-0.2, -0.15) is 0 Å². The first-order chi connectivity index (χ1) is 5.81. The van der Waals surface area contributed by atoms with Crippen LogP contribution in [0.15, 0.2) is 0 Å². The molecular formula is C7H13ClO4S. The van der Waals surface area contributed by atoms with Crippen LogP contribution in [0.1, 0.15) is 20.3 Å². The van der Waals surface area contributed by atoms with Gasteiger partial charge in [-0.3, -0.25) is 4.79 Å². The SMILES string of the molecule is CC(C)COC(=O)CCS(=O)(=O)Cl. The lowest BCUT2D eigenvalue weighted by molar-refractivity contribution is -0.144. The van der Waals surface area contributed by atoms with Crippen molar-refractivity contribution in [2.45, 2.75) is 20.3 Å². The molecule has 0 atom stereocenters. The summed E-state index contributed by atoms with van der Waals surface area (Å²) in [7, 11) is 1.32. The molecule has 0 aromatic heterocycles. The maximum absolute atomic E-state index is 10.8. The zero-order chi connectivity index (χ0) is 10.5. The minimum absolute atomic E-state index is 0.182. The predicted molar refractivity (Wildman–Crippen MR) is 50.1 cm³/mol. The van der Waals surface area contributed by atoms with E-state index in [0.29, 0.717) is 6.61 Å². The van der Waals surface area contributed by atoms with E-state index in [1.165, 1.54) is 0 Å². The van der Waals surface area contributed by atoms with Gasteiger partial charge in [-0.25, -0.2) is 8.42 Å². The predicted octanol–water partition coefficient (Wildman–Crippen LogP) is 1.14. The molecule has 0 rings (SSSR count). The van der Waals surface area contributed by atoms with Gasteiger partial charge in [0.25, 0.3) is 0 Å². The molecule has 0 saturated carbocycles. The van der Waals surface area contributed by atoms with Crippen LogP contribution in [0.25, 0.3) is 0 Å². The van der Waals surface area contributed by atoms with E-state index in [1.807, 2.05) is 13.8 Å². The average Bonchev–Trinajstić information content (AvgIpc) is 1.95. The number of rotatable bonds is 5. The standard InChI is InChI=1S/C7H13ClO4S/c1-6(2)5-12-7(9)3-4-13(8,10)11/h6H,3-5H2,1-2H3. The normalized spacial score (nSPS) is 11.7. The van der Waals surface area contributed by atoms with Gasteiger partial charge in [0.15, 0.2) is 0 Å². The van der Waals surface area contributed by atoms with Gasteiger partial charge in [-0.1, -0.05) is 13.8 Å². The molecule has 0 bridgehead atoms. The molecule has 13 heavy (non-hydrogen) atoms. The van der Waals surface area contributed by atoms with Crippen LogP contribution in [0.4, 0.5) is 0 Å². The lowest BCUT2D eigenvalue weighted by Gasteiger charge is -2.05. The second kappa shape index (κ2) is 5.44. The number of halogens is 1. The summed E-state index contributed by atoms with van der Waals surface area (Å²) in [6, 6.07) is 0. The van der Waals surface area contributed by atoms with Crippen molar-refractivity contribution >= 4 is 25.7 Å². The molecule has 0 heterocycles. The highest BCUT2D eigenvalue weighted by Crippen LogP contribution is 2.01.